The molecule has 0 bridgehead atoms. The van der Waals surface area contributed by atoms with Crippen molar-refractivity contribution in [2.75, 3.05) is 17.7 Å². The van der Waals surface area contributed by atoms with Crippen molar-refractivity contribution in [2.24, 2.45) is 0 Å². The molecule has 0 aliphatic rings. The smallest absolute Gasteiger partial charge is 0.339 e. The van der Waals surface area contributed by atoms with Gasteiger partial charge in [0.1, 0.15) is 0 Å². The van der Waals surface area contributed by atoms with Crippen LogP contribution in [0, 0.1) is 0 Å². The van der Waals surface area contributed by atoms with E-state index in [2.05, 4.69) is 15.6 Å². The molecule has 0 aliphatic heterocycles. The first-order valence-corrected chi connectivity index (χ1v) is 8.79. The average Bonchev–Trinajstić information content (AvgIpc) is 2.74. The Bertz CT molecular complexity index is 1060. The fraction of sp³-hybridized carbons (Fsp3) is 0.0909. The van der Waals surface area contributed by atoms with E-state index in [1.165, 1.54) is 20.2 Å². The topological polar surface area (TPSA) is 97.4 Å². The molecule has 146 valence electrons. The molecule has 2 N–H and O–H groups in total. The number of pyridine rings is 1. The van der Waals surface area contributed by atoms with E-state index in [0.717, 1.165) is 0 Å². The van der Waals surface area contributed by atoms with Crippen LogP contribution < -0.4 is 10.6 Å². The Morgan fingerprint density at radius 3 is 2.31 bits per heavy atom. The Morgan fingerprint density at radius 1 is 0.897 bits per heavy atom. The van der Waals surface area contributed by atoms with E-state index in [9.17, 15) is 14.4 Å². The molecule has 1 aromatic heterocycles. The lowest BCUT2D eigenvalue weighted by Gasteiger charge is -2.11. The largest absolute Gasteiger partial charge is 0.465 e. The van der Waals surface area contributed by atoms with Gasteiger partial charge in [0, 0.05) is 17.4 Å². The summed E-state index contributed by atoms with van der Waals surface area (Å²) in [5.74, 6) is -0.861. The number of aromatic nitrogens is 1. The molecule has 7 heteroatoms. The second kappa shape index (κ2) is 8.79. The van der Waals surface area contributed by atoms with Crippen molar-refractivity contribution in [1.29, 1.82) is 0 Å². The molecule has 7 nitrogen and oxygen atoms in total. The summed E-state index contributed by atoms with van der Waals surface area (Å²) in [4.78, 5) is 39.9. The molecule has 3 aromatic rings. The highest BCUT2D eigenvalue weighted by atomic mass is 16.5. The molecule has 0 fully saturated rings. The SMILES string of the molecule is COC(=O)c1ccccc1Nc1cncc(C(=O)Nc2ccc(C(C)=O)cc2)c1. The summed E-state index contributed by atoms with van der Waals surface area (Å²) >= 11 is 0. The number of nitrogens with zero attached hydrogens (tertiary/aromatic N) is 1. The molecule has 0 atom stereocenters. The van der Waals surface area contributed by atoms with Crippen LogP contribution in [0.2, 0.25) is 0 Å². The third-order valence-corrected chi connectivity index (χ3v) is 4.16. The van der Waals surface area contributed by atoms with Crippen LogP contribution in [0.1, 0.15) is 38.0 Å². The Labute approximate surface area is 167 Å². The number of hydrogen-bond acceptors (Lipinski definition) is 6. The molecule has 0 saturated carbocycles. The molecule has 1 heterocycles. The van der Waals surface area contributed by atoms with Crippen LogP contribution in [-0.4, -0.2) is 29.8 Å². The third kappa shape index (κ3) is 4.84. The van der Waals surface area contributed by atoms with Gasteiger partial charge in [0.2, 0.25) is 0 Å². The summed E-state index contributed by atoms with van der Waals surface area (Å²) in [6, 6.07) is 15.1. The number of nitrogens with one attached hydrogen (secondary N) is 2. The van der Waals surface area contributed by atoms with Gasteiger partial charge in [-0.3, -0.25) is 14.6 Å². The number of ether oxygens (including phenoxy) is 1. The van der Waals surface area contributed by atoms with Crippen molar-refractivity contribution in [3.05, 3.63) is 83.7 Å². The summed E-state index contributed by atoms with van der Waals surface area (Å²) in [5.41, 5.74) is 2.92. The summed E-state index contributed by atoms with van der Waals surface area (Å²) in [5, 5.41) is 5.85. The zero-order valence-electron chi connectivity index (χ0n) is 15.9. The first-order valence-electron chi connectivity index (χ1n) is 8.79. The van der Waals surface area contributed by atoms with Gasteiger partial charge in [-0.05, 0) is 49.4 Å². The maximum Gasteiger partial charge on any atom is 0.339 e. The zero-order chi connectivity index (χ0) is 20.8. The first kappa shape index (κ1) is 19.8. The van der Waals surface area contributed by atoms with Crippen LogP contribution in [0.15, 0.2) is 67.0 Å². The molecule has 0 spiro atoms. The van der Waals surface area contributed by atoms with Crippen LogP contribution in [0.4, 0.5) is 17.1 Å². The highest BCUT2D eigenvalue weighted by Gasteiger charge is 2.13. The standard InChI is InChI=1S/C22H19N3O4/c1-14(26)15-7-9-17(10-8-15)25-21(27)16-11-18(13-23-12-16)24-20-6-4-3-5-19(20)22(28)29-2/h3-13,24H,1-2H3,(H,25,27). The quantitative estimate of drug-likeness (QED) is 0.487. The van der Waals surface area contributed by atoms with Gasteiger partial charge in [-0.2, -0.15) is 0 Å². The van der Waals surface area contributed by atoms with Crippen molar-refractivity contribution in [3.8, 4) is 0 Å². The number of rotatable bonds is 6. The van der Waals surface area contributed by atoms with Gasteiger partial charge < -0.3 is 15.4 Å². The molecule has 29 heavy (non-hydrogen) atoms. The number of amides is 1. The number of anilines is 3. The molecule has 1 amide bonds. The molecule has 2 aromatic carbocycles. The number of carbonyl (C=O) groups excluding carboxylic acids is 3. The normalized spacial score (nSPS) is 10.1. The lowest BCUT2D eigenvalue weighted by atomic mass is 10.1. The van der Waals surface area contributed by atoms with Crippen molar-refractivity contribution in [1.82, 2.24) is 4.98 Å². The predicted molar refractivity (Wildman–Crippen MR) is 110 cm³/mol. The first-order chi connectivity index (χ1) is 14.0. The molecular formula is C22H19N3O4. The predicted octanol–water partition coefficient (Wildman–Crippen LogP) is 4.07. The summed E-state index contributed by atoms with van der Waals surface area (Å²) in [6.45, 7) is 1.48. The maximum atomic E-state index is 12.5. The molecule has 0 saturated heterocycles. The molecular weight excluding hydrogens is 370 g/mol. The lowest BCUT2D eigenvalue weighted by molar-refractivity contribution is 0.0601. The molecule has 0 radical (unpaired) electrons. The van der Waals surface area contributed by atoms with Crippen LogP contribution in [0.3, 0.4) is 0 Å². The van der Waals surface area contributed by atoms with Gasteiger partial charge in [0.15, 0.2) is 5.78 Å². The number of esters is 1. The second-order valence-electron chi connectivity index (χ2n) is 6.21. The number of carbonyl (C=O) groups is 3. The van der Waals surface area contributed by atoms with Crippen LogP contribution in [0.25, 0.3) is 0 Å². The van der Waals surface area contributed by atoms with Crippen molar-refractivity contribution < 1.29 is 19.1 Å². The van der Waals surface area contributed by atoms with E-state index in [1.54, 1.807) is 60.8 Å². The van der Waals surface area contributed by atoms with Gasteiger partial charge in [0.05, 0.1) is 35.8 Å². The Balaban J connectivity index is 1.77. The molecule has 0 unspecified atom stereocenters. The number of hydrogen-bond donors (Lipinski definition) is 2. The Morgan fingerprint density at radius 2 is 1.62 bits per heavy atom. The fourth-order valence-electron chi connectivity index (χ4n) is 2.66. The van der Waals surface area contributed by atoms with Gasteiger partial charge >= 0.3 is 5.97 Å². The average molecular weight is 389 g/mol. The van der Waals surface area contributed by atoms with Crippen molar-refractivity contribution in [2.45, 2.75) is 6.92 Å². The van der Waals surface area contributed by atoms with Gasteiger partial charge in [-0.15, -0.1) is 0 Å². The minimum absolute atomic E-state index is 0.0434. The highest BCUT2D eigenvalue weighted by Crippen LogP contribution is 2.22. The van der Waals surface area contributed by atoms with E-state index in [0.29, 0.717) is 33.8 Å². The van der Waals surface area contributed by atoms with E-state index >= 15 is 0 Å². The van der Waals surface area contributed by atoms with E-state index in [4.69, 9.17) is 4.74 Å². The maximum absolute atomic E-state index is 12.5. The van der Waals surface area contributed by atoms with Gasteiger partial charge in [-0.25, -0.2) is 4.79 Å². The van der Waals surface area contributed by atoms with E-state index < -0.39 is 5.97 Å². The minimum Gasteiger partial charge on any atom is -0.465 e. The highest BCUT2D eigenvalue weighted by molar-refractivity contribution is 6.05. The monoisotopic (exact) mass is 389 g/mol. The Kier molecular flexibility index (Phi) is 5.99. The van der Waals surface area contributed by atoms with Crippen LogP contribution in [0.5, 0.6) is 0 Å². The fourth-order valence-corrected chi connectivity index (χ4v) is 2.66. The number of methoxy groups -OCH3 is 1. The van der Waals surface area contributed by atoms with Crippen molar-refractivity contribution in [3.63, 3.8) is 0 Å². The molecule has 3 rings (SSSR count). The summed E-state index contributed by atoms with van der Waals surface area (Å²) in [6.07, 6.45) is 2.99. The van der Waals surface area contributed by atoms with Crippen LogP contribution in [-0.2, 0) is 4.74 Å². The number of para-hydroxylation sites is 1. The zero-order valence-corrected chi connectivity index (χ0v) is 15.9. The third-order valence-electron chi connectivity index (χ3n) is 4.16. The summed E-state index contributed by atoms with van der Waals surface area (Å²) in [7, 11) is 1.31. The van der Waals surface area contributed by atoms with Crippen molar-refractivity contribution >= 4 is 34.7 Å². The summed E-state index contributed by atoms with van der Waals surface area (Å²) < 4.78 is 4.79. The number of benzene rings is 2. The minimum atomic E-state index is -0.469. The van der Waals surface area contributed by atoms with Gasteiger partial charge in [-0.1, -0.05) is 12.1 Å². The van der Waals surface area contributed by atoms with Gasteiger partial charge in [0.25, 0.3) is 5.91 Å². The number of ketones is 1. The van der Waals surface area contributed by atoms with E-state index in [1.807, 2.05) is 0 Å². The second-order valence-corrected chi connectivity index (χ2v) is 6.21. The number of Topliss-reactive ketones (excluding diaryl/α,β-unsaturated/α-hetero) is 1. The van der Waals surface area contributed by atoms with Crippen LogP contribution >= 0.6 is 0 Å². The molecule has 0 aliphatic carbocycles. The lowest BCUT2D eigenvalue weighted by Crippen LogP contribution is -2.13. The Hall–Kier alpha value is -4.00. The van der Waals surface area contributed by atoms with E-state index in [-0.39, 0.29) is 11.7 Å².